The van der Waals surface area contributed by atoms with Gasteiger partial charge in [-0.2, -0.15) is 4.31 Å². The summed E-state index contributed by atoms with van der Waals surface area (Å²) in [5.74, 6) is -1.63. The highest BCUT2D eigenvalue weighted by Crippen LogP contribution is 2.25. The number of amides is 1. The lowest BCUT2D eigenvalue weighted by Crippen LogP contribution is -2.38. The van der Waals surface area contributed by atoms with Crippen LogP contribution in [0.2, 0.25) is 0 Å². The molecule has 1 N–H and O–H groups in total. The summed E-state index contributed by atoms with van der Waals surface area (Å²) >= 11 is 0. The lowest BCUT2D eigenvalue weighted by molar-refractivity contribution is -0.274. The molecule has 0 bridgehead atoms. The van der Waals surface area contributed by atoms with E-state index in [1.165, 1.54) is 38.4 Å². The van der Waals surface area contributed by atoms with Gasteiger partial charge in [-0.3, -0.25) is 14.8 Å². The van der Waals surface area contributed by atoms with Crippen LogP contribution in [0.15, 0.2) is 79.8 Å². The van der Waals surface area contributed by atoms with Crippen LogP contribution in [0, 0.1) is 5.82 Å². The Balaban J connectivity index is 1.64. The van der Waals surface area contributed by atoms with Gasteiger partial charge in [0.15, 0.2) is 0 Å². The van der Waals surface area contributed by atoms with Gasteiger partial charge in [0.1, 0.15) is 17.1 Å². The number of aliphatic imine (C=N–C) groups is 2. The van der Waals surface area contributed by atoms with Crippen LogP contribution in [0.4, 0.5) is 17.6 Å². The van der Waals surface area contributed by atoms with Crippen LogP contribution in [-0.2, 0) is 14.8 Å². The first-order chi connectivity index (χ1) is 17.8. The molecule has 0 radical (unpaired) electrons. The molecule has 3 rings (SSSR count). The Labute approximate surface area is 215 Å². The number of ether oxygens (including phenoxy) is 1. The van der Waals surface area contributed by atoms with E-state index in [0.717, 1.165) is 34.6 Å². The molecule has 0 fully saturated rings. The SMILES string of the molecule is C=N/C(=C\C(=N/C)c1ccc(OC(F)(F)F)cc1)CNC(=O)CN(C)S(=O)(=O)c1cc2cc(F)ccc2o1. The van der Waals surface area contributed by atoms with Gasteiger partial charge in [-0.15, -0.1) is 13.2 Å². The molecule has 38 heavy (non-hydrogen) atoms. The Kier molecular flexibility index (Phi) is 8.68. The van der Waals surface area contributed by atoms with Crippen LogP contribution in [0.3, 0.4) is 0 Å². The first-order valence-corrected chi connectivity index (χ1v) is 12.2. The standard InChI is InChI=1S/C24H22F4N4O5S/c1-29-18(12-20(30-2)15-4-7-19(8-5-15)37-24(26,27)28)13-31-22(33)14-32(3)38(34,35)23-11-16-10-17(25)6-9-21(16)36-23/h4-12H,1,13-14H2,2-3H3,(H,31,33)/b18-12-,30-20+. The van der Waals surface area contributed by atoms with E-state index in [1.807, 2.05) is 0 Å². The van der Waals surface area contributed by atoms with Crippen LogP contribution in [-0.4, -0.2) is 64.6 Å². The van der Waals surface area contributed by atoms with E-state index in [0.29, 0.717) is 11.3 Å². The molecule has 0 saturated carbocycles. The number of halogens is 4. The van der Waals surface area contributed by atoms with E-state index in [9.17, 15) is 30.8 Å². The fourth-order valence-corrected chi connectivity index (χ4v) is 4.28. The number of alkyl halides is 3. The first-order valence-electron chi connectivity index (χ1n) is 10.7. The van der Waals surface area contributed by atoms with E-state index < -0.39 is 45.5 Å². The van der Waals surface area contributed by atoms with E-state index in [4.69, 9.17) is 4.42 Å². The van der Waals surface area contributed by atoms with Crippen molar-refractivity contribution in [3.05, 3.63) is 71.7 Å². The Morgan fingerprint density at radius 2 is 1.87 bits per heavy atom. The normalized spacial score (nSPS) is 13.1. The predicted octanol–water partition coefficient (Wildman–Crippen LogP) is 3.91. The van der Waals surface area contributed by atoms with Gasteiger partial charge in [0.2, 0.25) is 11.0 Å². The third kappa shape index (κ3) is 7.26. The van der Waals surface area contributed by atoms with Crippen molar-refractivity contribution < 1.29 is 39.9 Å². The molecular formula is C24H22F4N4O5S. The van der Waals surface area contributed by atoms with E-state index >= 15 is 0 Å². The number of nitrogens with zero attached hydrogens (tertiary/aromatic N) is 3. The number of furan rings is 1. The van der Waals surface area contributed by atoms with Crippen molar-refractivity contribution in [3.63, 3.8) is 0 Å². The molecular weight excluding hydrogens is 532 g/mol. The third-order valence-electron chi connectivity index (χ3n) is 5.08. The average Bonchev–Trinajstić information content (AvgIpc) is 3.28. The van der Waals surface area contributed by atoms with Crippen LogP contribution >= 0.6 is 0 Å². The number of likely N-dealkylation sites (N-methyl/N-ethyl adjacent to an activating group) is 1. The number of fused-ring (bicyclic) bond motifs is 1. The van der Waals surface area contributed by atoms with Gasteiger partial charge >= 0.3 is 6.36 Å². The maximum absolute atomic E-state index is 13.4. The second kappa shape index (κ2) is 11.6. The van der Waals surface area contributed by atoms with E-state index in [2.05, 4.69) is 26.8 Å². The quantitative estimate of drug-likeness (QED) is 0.302. The minimum Gasteiger partial charge on any atom is -0.443 e. The zero-order valence-corrected chi connectivity index (χ0v) is 20.9. The summed E-state index contributed by atoms with van der Waals surface area (Å²) in [5.41, 5.74) is 1.21. The number of carbonyl (C=O) groups is 1. The lowest BCUT2D eigenvalue weighted by Gasteiger charge is -2.15. The number of hydrogen-bond donors (Lipinski definition) is 1. The van der Waals surface area contributed by atoms with Crippen LogP contribution in [0.5, 0.6) is 5.75 Å². The van der Waals surface area contributed by atoms with Crippen molar-refractivity contribution in [1.29, 1.82) is 0 Å². The van der Waals surface area contributed by atoms with Gasteiger partial charge in [-0.1, -0.05) is 0 Å². The molecule has 1 heterocycles. The fraction of sp³-hybridized carbons (Fsp3) is 0.208. The second-order valence-corrected chi connectivity index (χ2v) is 9.74. The number of nitrogens with one attached hydrogen (secondary N) is 1. The van der Waals surface area contributed by atoms with Crippen LogP contribution in [0.25, 0.3) is 11.0 Å². The van der Waals surface area contributed by atoms with Gasteiger partial charge in [0.25, 0.3) is 10.0 Å². The molecule has 0 aliphatic rings. The molecule has 0 aliphatic carbocycles. The molecule has 0 spiro atoms. The zero-order chi connectivity index (χ0) is 28.1. The fourth-order valence-electron chi connectivity index (χ4n) is 3.22. The topological polar surface area (TPSA) is 114 Å². The molecule has 0 aliphatic heterocycles. The Bertz CT molecular complexity index is 1500. The number of benzene rings is 2. The van der Waals surface area contributed by atoms with Crippen LogP contribution in [0.1, 0.15) is 5.56 Å². The Hall–Kier alpha value is -4.04. The highest BCUT2D eigenvalue weighted by molar-refractivity contribution is 7.89. The summed E-state index contributed by atoms with van der Waals surface area (Å²) < 4.78 is 86.0. The largest absolute Gasteiger partial charge is 0.573 e. The lowest BCUT2D eigenvalue weighted by atomic mass is 10.1. The predicted molar refractivity (Wildman–Crippen MR) is 132 cm³/mol. The molecule has 1 aromatic heterocycles. The molecule has 14 heteroatoms. The highest BCUT2D eigenvalue weighted by Gasteiger charge is 2.31. The average molecular weight is 555 g/mol. The van der Waals surface area contributed by atoms with Gasteiger partial charge in [0.05, 0.1) is 24.5 Å². The molecule has 0 atom stereocenters. The van der Waals surface area contributed by atoms with Gasteiger partial charge in [-0.05, 0) is 60.8 Å². The second-order valence-electron chi connectivity index (χ2n) is 7.76. The number of sulfonamides is 1. The molecule has 2 aromatic carbocycles. The number of hydrogen-bond acceptors (Lipinski definition) is 7. The van der Waals surface area contributed by atoms with Crippen LogP contribution < -0.4 is 10.1 Å². The van der Waals surface area contributed by atoms with Crippen molar-refractivity contribution in [2.24, 2.45) is 9.98 Å². The minimum absolute atomic E-state index is 0.144. The van der Waals surface area contributed by atoms with Crippen molar-refractivity contribution >= 4 is 39.3 Å². The van der Waals surface area contributed by atoms with Gasteiger partial charge in [0, 0.05) is 25.5 Å². The van der Waals surface area contributed by atoms with E-state index in [1.54, 1.807) is 0 Å². The molecule has 202 valence electrons. The Morgan fingerprint density at radius 3 is 2.47 bits per heavy atom. The molecule has 0 saturated heterocycles. The van der Waals surface area contributed by atoms with Crippen molar-refractivity contribution in [3.8, 4) is 5.75 Å². The molecule has 3 aromatic rings. The summed E-state index contributed by atoms with van der Waals surface area (Å²) in [5, 5.41) is 2.32. The minimum atomic E-state index is -4.82. The summed E-state index contributed by atoms with van der Waals surface area (Å²) in [7, 11) is -1.56. The molecule has 9 nitrogen and oxygen atoms in total. The Morgan fingerprint density at radius 1 is 1.18 bits per heavy atom. The van der Waals surface area contributed by atoms with Crippen molar-refractivity contribution in [2.75, 3.05) is 27.2 Å². The first kappa shape index (κ1) is 28.5. The smallest absolute Gasteiger partial charge is 0.443 e. The summed E-state index contributed by atoms with van der Waals surface area (Å²) in [6, 6.07) is 9.70. The summed E-state index contributed by atoms with van der Waals surface area (Å²) in [6.45, 7) is 2.72. The third-order valence-corrected chi connectivity index (χ3v) is 6.74. The zero-order valence-electron chi connectivity index (χ0n) is 20.1. The maximum atomic E-state index is 13.4. The monoisotopic (exact) mass is 554 g/mol. The highest BCUT2D eigenvalue weighted by atomic mass is 32.2. The number of allylic oxidation sites excluding steroid dienone is 1. The maximum Gasteiger partial charge on any atom is 0.573 e. The molecule has 1 amide bonds. The molecule has 0 unspecified atom stereocenters. The number of carbonyl (C=O) groups excluding carboxylic acids is 1. The van der Waals surface area contributed by atoms with Gasteiger partial charge in [-0.25, -0.2) is 12.8 Å². The summed E-state index contributed by atoms with van der Waals surface area (Å²) in [6.07, 6.45) is -3.36. The van der Waals surface area contributed by atoms with Gasteiger partial charge < -0.3 is 14.5 Å². The number of rotatable bonds is 10. The van der Waals surface area contributed by atoms with Crippen molar-refractivity contribution in [2.45, 2.75) is 11.5 Å². The van der Waals surface area contributed by atoms with E-state index in [-0.39, 0.29) is 23.2 Å². The van der Waals surface area contributed by atoms with Crippen molar-refractivity contribution in [1.82, 2.24) is 9.62 Å². The summed E-state index contributed by atoms with van der Waals surface area (Å²) in [4.78, 5) is 20.3.